The summed E-state index contributed by atoms with van der Waals surface area (Å²) < 4.78 is 11.4. The minimum atomic E-state index is -1.71. The fourth-order valence-corrected chi connectivity index (χ4v) is 3.31. The van der Waals surface area contributed by atoms with E-state index in [4.69, 9.17) is 9.16 Å². The average Bonchev–Trinajstić information content (AvgIpc) is 2.40. The third-order valence-electron chi connectivity index (χ3n) is 4.48. The van der Waals surface area contributed by atoms with Crippen molar-refractivity contribution in [3.63, 3.8) is 0 Å². The van der Waals surface area contributed by atoms with Gasteiger partial charge in [0.15, 0.2) is 8.32 Å². The van der Waals surface area contributed by atoms with Crippen molar-refractivity contribution in [2.45, 2.75) is 91.5 Å². The monoisotopic (exact) mass is 328 g/mol. The van der Waals surface area contributed by atoms with E-state index in [1.165, 1.54) is 5.57 Å². The summed E-state index contributed by atoms with van der Waals surface area (Å²) in [6.07, 6.45) is 5.69. The van der Waals surface area contributed by atoms with Crippen molar-refractivity contribution in [2.24, 2.45) is 0 Å². The summed E-state index contributed by atoms with van der Waals surface area (Å²) in [5.41, 5.74) is 1.24. The van der Waals surface area contributed by atoms with Gasteiger partial charge in [0.1, 0.15) is 0 Å². The van der Waals surface area contributed by atoms with Crippen molar-refractivity contribution >= 4 is 14.3 Å². The number of esters is 1. The van der Waals surface area contributed by atoms with Crippen LogP contribution in [-0.2, 0) is 14.0 Å². The Morgan fingerprint density at radius 1 is 1.18 bits per heavy atom. The second-order valence-electron chi connectivity index (χ2n) is 7.50. The van der Waals surface area contributed by atoms with E-state index in [1.54, 1.807) is 0 Å². The fraction of sp³-hybridized carbons (Fsp3) is 0.833. The van der Waals surface area contributed by atoms with Gasteiger partial charge in [0.2, 0.25) is 0 Å². The molecule has 0 radical (unpaired) electrons. The molecule has 0 aromatic heterocycles. The molecule has 0 rings (SSSR count). The molecule has 3 nitrogen and oxygen atoms in total. The number of allylic oxidation sites excluding steroid dienone is 1. The fourth-order valence-electron chi connectivity index (χ4n) is 1.86. The van der Waals surface area contributed by atoms with Crippen LogP contribution in [0.3, 0.4) is 0 Å². The van der Waals surface area contributed by atoms with Gasteiger partial charge in [-0.05, 0) is 51.2 Å². The molecular formula is C18H36O3Si. The average molecular weight is 329 g/mol. The van der Waals surface area contributed by atoms with Crippen LogP contribution in [0, 0.1) is 0 Å². The zero-order valence-corrected chi connectivity index (χ0v) is 16.9. The van der Waals surface area contributed by atoms with Crippen molar-refractivity contribution in [1.29, 1.82) is 0 Å². The molecule has 0 aliphatic heterocycles. The van der Waals surface area contributed by atoms with E-state index >= 15 is 0 Å². The lowest BCUT2D eigenvalue weighted by Gasteiger charge is -2.39. The number of hydrogen-bond donors (Lipinski definition) is 0. The summed E-state index contributed by atoms with van der Waals surface area (Å²) in [5, 5.41) is 0.239. The first kappa shape index (κ1) is 21.4. The lowest BCUT2D eigenvalue weighted by Crippen LogP contribution is -2.43. The molecule has 0 aliphatic rings. The summed E-state index contributed by atoms with van der Waals surface area (Å²) in [7, 11) is -1.71. The molecule has 0 amide bonds. The van der Waals surface area contributed by atoms with Crippen molar-refractivity contribution in [3.8, 4) is 0 Å². The molecule has 1 unspecified atom stereocenters. The van der Waals surface area contributed by atoms with Crippen molar-refractivity contribution in [3.05, 3.63) is 11.6 Å². The van der Waals surface area contributed by atoms with E-state index in [0.717, 1.165) is 19.3 Å². The predicted molar refractivity (Wildman–Crippen MR) is 96.6 cm³/mol. The molecule has 0 saturated heterocycles. The van der Waals surface area contributed by atoms with E-state index in [0.29, 0.717) is 13.0 Å². The Bertz CT molecular complexity index is 367. The zero-order chi connectivity index (χ0) is 17.4. The highest BCUT2D eigenvalue weighted by molar-refractivity contribution is 6.74. The summed E-state index contributed by atoms with van der Waals surface area (Å²) in [6.45, 7) is 18.0. The van der Waals surface area contributed by atoms with Crippen LogP contribution in [0.15, 0.2) is 11.6 Å². The lowest BCUT2D eigenvalue weighted by atomic mass is 10.1. The molecule has 0 aliphatic carbocycles. The molecular weight excluding hydrogens is 292 g/mol. The van der Waals surface area contributed by atoms with Crippen molar-refractivity contribution in [1.82, 2.24) is 0 Å². The summed E-state index contributed by atoms with van der Waals surface area (Å²) in [4.78, 5) is 11.4. The molecule has 0 saturated carbocycles. The highest BCUT2D eigenvalue weighted by Crippen LogP contribution is 2.38. The quantitative estimate of drug-likeness (QED) is 0.320. The Morgan fingerprint density at radius 2 is 1.77 bits per heavy atom. The molecule has 0 fully saturated rings. The maximum absolute atomic E-state index is 11.4. The lowest BCUT2D eigenvalue weighted by molar-refractivity contribution is -0.143. The minimum Gasteiger partial charge on any atom is -0.466 e. The maximum atomic E-state index is 11.4. The van der Waals surface area contributed by atoms with Gasteiger partial charge in [-0.3, -0.25) is 4.79 Å². The molecule has 0 heterocycles. The predicted octanol–water partition coefficient (Wildman–Crippen LogP) is 5.47. The van der Waals surface area contributed by atoms with Crippen LogP contribution in [-0.4, -0.2) is 27.0 Å². The molecule has 22 heavy (non-hydrogen) atoms. The molecule has 0 spiro atoms. The van der Waals surface area contributed by atoms with Gasteiger partial charge in [0, 0.05) is 12.5 Å². The van der Waals surface area contributed by atoms with Crippen LogP contribution in [0.1, 0.15) is 67.2 Å². The van der Waals surface area contributed by atoms with Crippen LogP contribution >= 0.6 is 0 Å². The van der Waals surface area contributed by atoms with Gasteiger partial charge in [-0.2, -0.15) is 0 Å². The Hall–Kier alpha value is -0.613. The van der Waals surface area contributed by atoms with Gasteiger partial charge in [-0.25, -0.2) is 0 Å². The van der Waals surface area contributed by atoms with E-state index in [9.17, 15) is 4.79 Å². The van der Waals surface area contributed by atoms with Gasteiger partial charge < -0.3 is 9.16 Å². The Balaban J connectivity index is 4.44. The number of ether oxygens (including phenoxy) is 1. The first-order valence-corrected chi connectivity index (χ1v) is 11.4. The molecule has 130 valence electrons. The third-order valence-corrected chi connectivity index (χ3v) is 9.02. The van der Waals surface area contributed by atoms with Gasteiger partial charge in [-0.1, -0.05) is 39.3 Å². The second kappa shape index (κ2) is 9.51. The van der Waals surface area contributed by atoms with Crippen LogP contribution in [0.2, 0.25) is 18.1 Å². The largest absolute Gasteiger partial charge is 0.466 e. The van der Waals surface area contributed by atoms with Crippen molar-refractivity contribution in [2.75, 3.05) is 6.61 Å². The van der Waals surface area contributed by atoms with E-state index in [1.807, 2.05) is 6.92 Å². The molecule has 1 atom stereocenters. The van der Waals surface area contributed by atoms with Gasteiger partial charge >= 0.3 is 5.97 Å². The van der Waals surface area contributed by atoms with Gasteiger partial charge in [0.25, 0.3) is 0 Å². The molecule has 0 aromatic carbocycles. The topological polar surface area (TPSA) is 35.5 Å². The number of carbonyl (C=O) groups excluding carboxylic acids is 1. The summed E-state index contributed by atoms with van der Waals surface area (Å²) >= 11 is 0. The number of rotatable bonds is 9. The van der Waals surface area contributed by atoms with Crippen LogP contribution < -0.4 is 0 Å². The third kappa shape index (κ3) is 8.13. The minimum absolute atomic E-state index is 0.111. The Morgan fingerprint density at radius 3 is 2.23 bits per heavy atom. The number of hydrogen-bond acceptors (Lipinski definition) is 3. The molecule has 0 aromatic rings. The normalized spacial score (nSPS) is 14.8. The highest BCUT2D eigenvalue weighted by Gasteiger charge is 2.38. The van der Waals surface area contributed by atoms with Crippen molar-refractivity contribution < 1.29 is 14.0 Å². The first-order chi connectivity index (χ1) is 10.0. The van der Waals surface area contributed by atoms with Gasteiger partial charge in [0.05, 0.1) is 6.61 Å². The standard InChI is InChI=1S/C18H36O3Si/c1-9-16(21-22(7,8)18(4,5)6)13-11-15(3)12-14-17(19)20-10-2/h11,16H,9-10,12-14H2,1-8H3/b15-11+. The first-order valence-electron chi connectivity index (χ1n) is 8.52. The Labute approximate surface area is 138 Å². The van der Waals surface area contributed by atoms with E-state index in [2.05, 4.69) is 53.8 Å². The summed E-state index contributed by atoms with van der Waals surface area (Å²) in [6, 6.07) is 0. The van der Waals surface area contributed by atoms with E-state index in [-0.39, 0.29) is 17.1 Å². The maximum Gasteiger partial charge on any atom is 0.306 e. The molecule has 4 heteroatoms. The van der Waals surface area contributed by atoms with Crippen LogP contribution in [0.25, 0.3) is 0 Å². The second-order valence-corrected chi connectivity index (χ2v) is 12.3. The number of carbonyl (C=O) groups is 1. The van der Waals surface area contributed by atoms with E-state index < -0.39 is 8.32 Å². The smallest absolute Gasteiger partial charge is 0.306 e. The van der Waals surface area contributed by atoms with Crippen LogP contribution in [0.5, 0.6) is 0 Å². The zero-order valence-electron chi connectivity index (χ0n) is 15.9. The van der Waals surface area contributed by atoms with Crippen LogP contribution in [0.4, 0.5) is 0 Å². The highest BCUT2D eigenvalue weighted by atomic mass is 28.4. The molecule has 0 N–H and O–H groups in total. The van der Waals surface area contributed by atoms with Gasteiger partial charge in [-0.15, -0.1) is 0 Å². The SMILES string of the molecule is CCOC(=O)CC/C(C)=C/CC(CC)O[Si](C)(C)C(C)(C)C. The Kier molecular flexibility index (Phi) is 9.24. The molecule has 0 bridgehead atoms. The summed E-state index contributed by atoms with van der Waals surface area (Å²) in [5.74, 6) is -0.111.